The molecule has 0 aromatic carbocycles. The van der Waals surface area contributed by atoms with Gasteiger partial charge in [-0.3, -0.25) is 0 Å². The first-order valence-electron chi connectivity index (χ1n) is 7.07. The van der Waals surface area contributed by atoms with E-state index < -0.39 is 20.0 Å². The molecular formula is C12H24ClN3O4S3. The monoisotopic (exact) mass is 405 g/mol. The summed E-state index contributed by atoms with van der Waals surface area (Å²) in [6.07, 6.45) is 0.469. The van der Waals surface area contributed by atoms with Crippen LogP contribution in [0.4, 0.5) is 0 Å². The number of halogens is 1. The van der Waals surface area contributed by atoms with Crippen molar-refractivity contribution in [1.82, 2.24) is 14.8 Å². The Hall–Kier alpha value is -0.230. The molecule has 11 heteroatoms. The highest BCUT2D eigenvalue weighted by Crippen LogP contribution is 2.21. The summed E-state index contributed by atoms with van der Waals surface area (Å²) in [6, 6.07) is 3.26. The molecule has 1 heterocycles. The summed E-state index contributed by atoms with van der Waals surface area (Å²) in [5, 5.41) is 3.04. The molecule has 0 amide bonds. The average molecular weight is 406 g/mol. The SMILES string of the molecule is CCNCCNS(=O)(=O)c1ccc(CCNS(=O)(=O)CC)s1.Cl. The van der Waals surface area contributed by atoms with Crippen molar-refractivity contribution in [3.05, 3.63) is 17.0 Å². The molecular weight excluding hydrogens is 382 g/mol. The van der Waals surface area contributed by atoms with Gasteiger partial charge in [-0.1, -0.05) is 6.92 Å². The van der Waals surface area contributed by atoms with Crippen molar-refractivity contribution in [1.29, 1.82) is 0 Å². The zero-order valence-electron chi connectivity index (χ0n) is 13.2. The number of likely N-dealkylation sites (N-methyl/N-ethyl adjacent to an activating group) is 1. The summed E-state index contributed by atoms with van der Waals surface area (Å²) in [5.74, 6) is 0.0345. The molecule has 0 radical (unpaired) electrons. The molecule has 0 saturated heterocycles. The molecule has 0 bridgehead atoms. The second kappa shape index (κ2) is 10.6. The van der Waals surface area contributed by atoms with E-state index in [4.69, 9.17) is 0 Å². The van der Waals surface area contributed by atoms with Gasteiger partial charge >= 0.3 is 0 Å². The molecule has 0 unspecified atom stereocenters. The van der Waals surface area contributed by atoms with Crippen LogP contribution in [-0.4, -0.2) is 48.8 Å². The lowest BCUT2D eigenvalue weighted by Gasteiger charge is -2.05. The smallest absolute Gasteiger partial charge is 0.250 e. The summed E-state index contributed by atoms with van der Waals surface area (Å²) in [5.41, 5.74) is 0. The third kappa shape index (κ3) is 8.43. The highest BCUT2D eigenvalue weighted by atomic mass is 35.5. The van der Waals surface area contributed by atoms with E-state index in [1.165, 1.54) is 0 Å². The van der Waals surface area contributed by atoms with Crippen LogP contribution in [0.25, 0.3) is 0 Å². The normalized spacial score (nSPS) is 12.1. The maximum atomic E-state index is 12.0. The van der Waals surface area contributed by atoms with Crippen LogP contribution < -0.4 is 14.8 Å². The molecule has 136 valence electrons. The minimum absolute atomic E-state index is 0. The summed E-state index contributed by atoms with van der Waals surface area (Å²) >= 11 is 1.16. The van der Waals surface area contributed by atoms with E-state index in [1.807, 2.05) is 6.92 Å². The van der Waals surface area contributed by atoms with E-state index in [1.54, 1.807) is 19.1 Å². The van der Waals surface area contributed by atoms with Crippen molar-refractivity contribution in [2.45, 2.75) is 24.5 Å². The summed E-state index contributed by atoms with van der Waals surface area (Å²) < 4.78 is 51.9. The molecule has 0 aliphatic rings. The van der Waals surface area contributed by atoms with Crippen LogP contribution in [0.1, 0.15) is 18.7 Å². The van der Waals surface area contributed by atoms with Crippen LogP contribution in [0.5, 0.6) is 0 Å². The minimum atomic E-state index is -3.49. The van der Waals surface area contributed by atoms with Crippen LogP contribution in [-0.2, 0) is 26.5 Å². The van der Waals surface area contributed by atoms with Gasteiger partial charge in [0.25, 0.3) is 0 Å². The van der Waals surface area contributed by atoms with Gasteiger partial charge in [0.2, 0.25) is 20.0 Å². The molecule has 3 N–H and O–H groups in total. The summed E-state index contributed by atoms with van der Waals surface area (Å²) in [4.78, 5) is 0.825. The molecule has 1 aromatic heterocycles. The maximum Gasteiger partial charge on any atom is 0.250 e. The predicted octanol–water partition coefficient (Wildman–Crippen LogP) is 0.540. The molecule has 0 aliphatic carbocycles. The second-order valence-corrected chi connectivity index (χ2v) is 9.78. The van der Waals surface area contributed by atoms with Gasteiger partial charge in [0.1, 0.15) is 4.21 Å². The first-order chi connectivity index (χ1) is 10.3. The largest absolute Gasteiger partial charge is 0.316 e. The highest BCUT2D eigenvalue weighted by Gasteiger charge is 2.16. The quantitative estimate of drug-likeness (QED) is 0.466. The predicted molar refractivity (Wildman–Crippen MR) is 96.5 cm³/mol. The fraction of sp³-hybridized carbons (Fsp3) is 0.667. The van der Waals surface area contributed by atoms with Gasteiger partial charge in [0.05, 0.1) is 5.75 Å². The third-order valence-corrected chi connectivity index (χ3v) is 7.32. The topological polar surface area (TPSA) is 104 Å². The van der Waals surface area contributed by atoms with Crippen molar-refractivity contribution in [2.75, 3.05) is 31.9 Å². The fourth-order valence-electron chi connectivity index (χ4n) is 1.59. The molecule has 0 saturated carbocycles. The maximum absolute atomic E-state index is 12.0. The standard InChI is InChI=1S/C12H23N3O4S3.ClH/c1-3-13-9-10-15-22(18,19)12-6-5-11(20-12)7-8-14-21(16,17)4-2;/h5-6,13-15H,3-4,7-10H2,1-2H3;1H. The molecule has 0 atom stereocenters. The number of rotatable bonds is 11. The molecule has 0 fully saturated rings. The van der Waals surface area contributed by atoms with E-state index in [0.717, 1.165) is 22.8 Å². The highest BCUT2D eigenvalue weighted by molar-refractivity contribution is 7.91. The van der Waals surface area contributed by atoms with Gasteiger partial charge in [-0.2, -0.15) is 0 Å². The van der Waals surface area contributed by atoms with Crippen LogP contribution in [0.15, 0.2) is 16.3 Å². The molecule has 0 spiro atoms. The summed E-state index contributed by atoms with van der Waals surface area (Å²) in [6.45, 7) is 5.49. The molecule has 7 nitrogen and oxygen atoms in total. The average Bonchev–Trinajstić information content (AvgIpc) is 2.93. The first-order valence-corrected chi connectivity index (χ1v) is 11.0. The van der Waals surface area contributed by atoms with Gasteiger partial charge in [0, 0.05) is 24.5 Å². The van der Waals surface area contributed by atoms with E-state index >= 15 is 0 Å². The van der Waals surface area contributed by atoms with E-state index in [9.17, 15) is 16.8 Å². The number of hydrogen-bond acceptors (Lipinski definition) is 6. The Morgan fingerprint density at radius 3 is 2.30 bits per heavy atom. The lowest BCUT2D eigenvalue weighted by Crippen LogP contribution is -2.31. The van der Waals surface area contributed by atoms with Crippen LogP contribution in [0.3, 0.4) is 0 Å². The Labute approximate surface area is 148 Å². The lowest BCUT2D eigenvalue weighted by molar-refractivity contribution is 0.578. The van der Waals surface area contributed by atoms with E-state index in [0.29, 0.717) is 19.5 Å². The van der Waals surface area contributed by atoms with Gasteiger partial charge in [-0.05, 0) is 32.0 Å². The van der Waals surface area contributed by atoms with Crippen molar-refractivity contribution in [3.8, 4) is 0 Å². The van der Waals surface area contributed by atoms with Gasteiger partial charge in [-0.15, -0.1) is 23.7 Å². The Morgan fingerprint density at radius 2 is 1.70 bits per heavy atom. The molecule has 23 heavy (non-hydrogen) atoms. The van der Waals surface area contributed by atoms with Gasteiger partial charge < -0.3 is 5.32 Å². The molecule has 0 aliphatic heterocycles. The first kappa shape index (κ1) is 22.8. The van der Waals surface area contributed by atoms with Crippen LogP contribution in [0, 0.1) is 0 Å². The van der Waals surface area contributed by atoms with E-state index in [-0.39, 0.29) is 28.9 Å². The van der Waals surface area contributed by atoms with Crippen molar-refractivity contribution in [3.63, 3.8) is 0 Å². The number of thiophene rings is 1. The number of sulfonamides is 2. The number of nitrogens with one attached hydrogen (secondary N) is 3. The van der Waals surface area contributed by atoms with Crippen LogP contribution in [0.2, 0.25) is 0 Å². The number of hydrogen-bond donors (Lipinski definition) is 3. The lowest BCUT2D eigenvalue weighted by atomic mass is 10.3. The van der Waals surface area contributed by atoms with E-state index in [2.05, 4.69) is 14.8 Å². The van der Waals surface area contributed by atoms with Crippen LogP contribution >= 0.6 is 23.7 Å². The zero-order valence-corrected chi connectivity index (χ0v) is 16.4. The molecule has 1 aromatic rings. The zero-order chi connectivity index (χ0) is 16.6. The van der Waals surface area contributed by atoms with Gasteiger partial charge in [0.15, 0.2) is 0 Å². The Balaban J connectivity index is 0.00000484. The van der Waals surface area contributed by atoms with Crippen molar-refractivity contribution in [2.24, 2.45) is 0 Å². The van der Waals surface area contributed by atoms with Crippen molar-refractivity contribution >= 4 is 43.8 Å². The second-order valence-electron chi connectivity index (χ2n) is 4.52. The van der Waals surface area contributed by atoms with Crippen molar-refractivity contribution < 1.29 is 16.8 Å². The summed E-state index contributed by atoms with van der Waals surface area (Å²) in [7, 11) is -6.70. The third-order valence-electron chi connectivity index (χ3n) is 2.82. The Bertz CT molecular complexity index is 659. The minimum Gasteiger partial charge on any atom is -0.316 e. The Morgan fingerprint density at radius 1 is 1.00 bits per heavy atom. The molecule has 1 rings (SSSR count). The Kier molecular flexibility index (Phi) is 10.5. The van der Waals surface area contributed by atoms with Gasteiger partial charge in [-0.25, -0.2) is 26.3 Å². The fourth-order valence-corrected chi connectivity index (χ4v) is 4.64.